The lowest BCUT2D eigenvalue weighted by atomic mass is 10.1. The van der Waals surface area contributed by atoms with E-state index in [1.807, 2.05) is 0 Å². The molecule has 0 fully saturated rings. The SMILES string of the molecule is Br.CC(C)(C)OC(=O)N[C@H](C(=O)O)c1ccccc1. The molecule has 19 heavy (non-hydrogen) atoms. The largest absolute Gasteiger partial charge is 0.479 e. The zero-order valence-electron chi connectivity index (χ0n) is 11.0. The van der Waals surface area contributed by atoms with Crippen LogP contribution >= 0.6 is 17.0 Å². The van der Waals surface area contributed by atoms with E-state index in [4.69, 9.17) is 9.84 Å². The molecular formula is C13H18BrNO4. The fourth-order valence-electron chi connectivity index (χ4n) is 1.36. The van der Waals surface area contributed by atoms with Gasteiger partial charge in [0.1, 0.15) is 5.60 Å². The van der Waals surface area contributed by atoms with Crippen molar-refractivity contribution in [3.8, 4) is 0 Å². The molecule has 1 amide bonds. The molecular weight excluding hydrogens is 314 g/mol. The molecule has 1 rings (SSSR count). The van der Waals surface area contributed by atoms with Gasteiger partial charge in [-0.05, 0) is 26.3 Å². The van der Waals surface area contributed by atoms with Gasteiger partial charge in [-0.15, -0.1) is 17.0 Å². The minimum Gasteiger partial charge on any atom is -0.479 e. The van der Waals surface area contributed by atoms with Crippen molar-refractivity contribution in [2.45, 2.75) is 32.4 Å². The van der Waals surface area contributed by atoms with E-state index in [-0.39, 0.29) is 17.0 Å². The predicted octanol–water partition coefficient (Wildman–Crippen LogP) is 2.91. The lowest BCUT2D eigenvalue weighted by molar-refractivity contribution is -0.139. The average Bonchev–Trinajstić information content (AvgIpc) is 2.24. The first-order valence-corrected chi connectivity index (χ1v) is 5.57. The van der Waals surface area contributed by atoms with Crippen LogP contribution in [-0.4, -0.2) is 22.8 Å². The Morgan fingerprint density at radius 1 is 1.21 bits per heavy atom. The van der Waals surface area contributed by atoms with Crippen molar-refractivity contribution in [2.24, 2.45) is 0 Å². The summed E-state index contributed by atoms with van der Waals surface area (Å²) in [7, 11) is 0. The first-order chi connectivity index (χ1) is 8.29. The number of halogens is 1. The third kappa shape index (κ3) is 6.24. The molecule has 0 unspecified atom stereocenters. The number of carbonyl (C=O) groups excluding carboxylic acids is 1. The molecule has 0 saturated heterocycles. The fraction of sp³-hybridized carbons (Fsp3) is 0.385. The van der Waals surface area contributed by atoms with Gasteiger partial charge in [-0.1, -0.05) is 30.3 Å². The summed E-state index contributed by atoms with van der Waals surface area (Å²) in [5.74, 6) is -1.13. The molecule has 0 saturated carbocycles. The fourth-order valence-corrected chi connectivity index (χ4v) is 1.36. The molecule has 1 aromatic carbocycles. The van der Waals surface area contributed by atoms with E-state index in [2.05, 4.69) is 5.32 Å². The van der Waals surface area contributed by atoms with E-state index >= 15 is 0 Å². The van der Waals surface area contributed by atoms with Gasteiger partial charge in [-0.2, -0.15) is 0 Å². The third-order valence-corrected chi connectivity index (χ3v) is 2.04. The molecule has 0 aromatic heterocycles. The molecule has 0 radical (unpaired) electrons. The maximum atomic E-state index is 11.6. The summed E-state index contributed by atoms with van der Waals surface area (Å²) in [6.45, 7) is 5.14. The molecule has 6 heteroatoms. The van der Waals surface area contributed by atoms with Crippen LogP contribution in [0.25, 0.3) is 0 Å². The Hall–Kier alpha value is -1.56. The highest BCUT2D eigenvalue weighted by atomic mass is 79.9. The van der Waals surface area contributed by atoms with Gasteiger partial charge in [0, 0.05) is 0 Å². The topological polar surface area (TPSA) is 75.6 Å². The number of nitrogens with one attached hydrogen (secondary N) is 1. The molecule has 0 aliphatic rings. The number of carboxylic acid groups (broad SMARTS) is 1. The molecule has 2 N–H and O–H groups in total. The van der Waals surface area contributed by atoms with E-state index in [9.17, 15) is 9.59 Å². The van der Waals surface area contributed by atoms with Crippen LogP contribution in [0.1, 0.15) is 32.4 Å². The number of alkyl carbamates (subject to hydrolysis) is 1. The third-order valence-electron chi connectivity index (χ3n) is 2.04. The van der Waals surface area contributed by atoms with Crippen LogP contribution in [0.4, 0.5) is 4.79 Å². The van der Waals surface area contributed by atoms with Gasteiger partial charge in [0.25, 0.3) is 0 Å². The second kappa shape index (κ2) is 7.13. The Labute approximate surface area is 122 Å². The smallest absolute Gasteiger partial charge is 0.408 e. The van der Waals surface area contributed by atoms with Crippen LogP contribution in [0.2, 0.25) is 0 Å². The highest BCUT2D eigenvalue weighted by Gasteiger charge is 2.24. The van der Waals surface area contributed by atoms with Gasteiger partial charge in [-0.3, -0.25) is 0 Å². The Morgan fingerprint density at radius 3 is 2.16 bits per heavy atom. The second-order valence-corrected chi connectivity index (χ2v) is 4.83. The summed E-state index contributed by atoms with van der Waals surface area (Å²) in [6, 6.07) is 7.35. The van der Waals surface area contributed by atoms with Crippen molar-refractivity contribution in [1.82, 2.24) is 5.32 Å². The number of aliphatic carboxylic acids is 1. The maximum absolute atomic E-state index is 11.6. The van der Waals surface area contributed by atoms with E-state index < -0.39 is 23.7 Å². The van der Waals surface area contributed by atoms with Gasteiger partial charge >= 0.3 is 12.1 Å². The Bertz CT molecular complexity index is 428. The summed E-state index contributed by atoms with van der Waals surface area (Å²) in [6.07, 6.45) is -0.751. The Balaban J connectivity index is 0.00000324. The highest BCUT2D eigenvalue weighted by Crippen LogP contribution is 2.14. The number of benzene rings is 1. The van der Waals surface area contributed by atoms with Crippen molar-refractivity contribution < 1.29 is 19.4 Å². The number of hydrogen-bond donors (Lipinski definition) is 2. The number of carbonyl (C=O) groups is 2. The number of carboxylic acids is 1. The standard InChI is InChI=1S/C13H17NO4.BrH/c1-13(2,3)18-12(17)14-10(11(15)16)9-7-5-4-6-8-9;/h4-8,10H,1-3H3,(H,14,17)(H,15,16);1H/t10-;/m0./s1. The lowest BCUT2D eigenvalue weighted by Crippen LogP contribution is -2.38. The highest BCUT2D eigenvalue weighted by molar-refractivity contribution is 8.93. The second-order valence-electron chi connectivity index (χ2n) is 4.83. The van der Waals surface area contributed by atoms with Gasteiger partial charge < -0.3 is 15.2 Å². The van der Waals surface area contributed by atoms with Gasteiger partial charge in [0.15, 0.2) is 6.04 Å². The quantitative estimate of drug-likeness (QED) is 0.892. The molecule has 0 aliphatic heterocycles. The van der Waals surface area contributed by atoms with Crippen molar-refractivity contribution in [3.05, 3.63) is 35.9 Å². The molecule has 1 atom stereocenters. The van der Waals surface area contributed by atoms with Crippen LogP contribution < -0.4 is 5.32 Å². The number of amides is 1. The minimum atomic E-state index is -1.13. The van der Waals surface area contributed by atoms with Gasteiger partial charge in [-0.25, -0.2) is 9.59 Å². The molecule has 106 valence electrons. The molecule has 5 nitrogen and oxygen atoms in total. The minimum absolute atomic E-state index is 0. The Kier molecular flexibility index (Phi) is 6.55. The van der Waals surface area contributed by atoms with Gasteiger partial charge in [0.2, 0.25) is 0 Å². The Morgan fingerprint density at radius 2 is 1.74 bits per heavy atom. The first-order valence-electron chi connectivity index (χ1n) is 5.57. The van der Waals surface area contributed by atoms with Crippen molar-refractivity contribution in [3.63, 3.8) is 0 Å². The monoisotopic (exact) mass is 331 g/mol. The van der Waals surface area contributed by atoms with E-state index in [0.29, 0.717) is 5.56 Å². The normalized spacial score (nSPS) is 11.9. The van der Waals surface area contributed by atoms with Crippen LogP contribution in [0.15, 0.2) is 30.3 Å². The van der Waals surface area contributed by atoms with Crippen LogP contribution in [0.5, 0.6) is 0 Å². The van der Waals surface area contributed by atoms with E-state index in [1.54, 1.807) is 51.1 Å². The molecule has 1 aromatic rings. The average molecular weight is 332 g/mol. The molecule has 0 bridgehead atoms. The lowest BCUT2D eigenvalue weighted by Gasteiger charge is -2.22. The molecule has 0 heterocycles. The molecule has 0 spiro atoms. The number of rotatable bonds is 3. The first kappa shape index (κ1) is 17.4. The summed E-state index contributed by atoms with van der Waals surface area (Å²) in [5.41, 5.74) is -0.167. The summed E-state index contributed by atoms with van der Waals surface area (Å²) in [5, 5.41) is 11.4. The van der Waals surface area contributed by atoms with E-state index in [1.165, 1.54) is 0 Å². The van der Waals surface area contributed by atoms with Crippen molar-refractivity contribution in [2.75, 3.05) is 0 Å². The molecule has 0 aliphatic carbocycles. The number of ether oxygens (including phenoxy) is 1. The summed E-state index contributed by atoms with van der Waals surface area (Å²) >= 11 is 0. The number of hydrogen-bond acceptors (Lipinski definition) is 3. The van der Waals surface area contributed by atoms with Gasteiger partial charge in [0.05, 0.1) is 0 Å². The van der Waals surface area contributed by atoms with Crippen LogP contribution in [0.3, 0.4) is 0 Å². The summed E-state index contributed by atoms with van der Waals surface area (Å²) in [4.78, 5) is 22.7. The van der Waals surface area contributed by atoms with E-state index in [0.717, 1.165) is 0 Å². The zero-order valence-corrected chi connectivity index (χ0v) is 12.8. The zero-order chi connectivity index (χ0) is 13.8. The predicted molar refractivity (Wildman–Crippen MR) is 76.5 cm³/mol. The van der Waals surface area contributed by atoms with Crippen molar-refractivity contribution >= 4 is 29.0 Å². The van der Waals surface area contributed by atoms with Crippen LogP contribution in [-0.2, 0) is 9.53 Å². The van der Waals surface area contributed by atoms with Crippen molar-refractivity contribution in [1.29, 1.82) is 0 Å². The van der Waals surface area contributed by atoms with Crippen LogP contribution in [0, 0.1) is 0 Å². The maximum Gasteiger partial charge on any atom is 0.408 e. The summed E-state index contributed by atoms with van der Waals surface area (Å²) < 4.78 is 5.03.